The van der Waals surface area contributed by atoms with Crippen LogP contribution in [0.3, 0.4) is 0 Å². The van der Waals surface area contributed by atoms with Crippen molar-refractivity contribution in [1.29, 1.82) is 0 Å². The van der Waals surface area contributed by atoms with Crippen LogP contribution in [-0.4, -0.2) is 36.0 Å². The van der Waals surface area contributed by atoms with Gasteiger partial charge in [-0.3, -0.25) is 0 Å². The first-order chi connectivity index (χ1) is 11.0. The van der Waals surface area contributed by atoms with Gasteiger partial charge in [0.25, 0.3) is 10.0 Å². The molecule has 0 aromatic carbocycles. The zero-order chi connectivity index (χ0) is 16.0. The Kier molecular flexibility index (Phi) is 3.63. The van der Waals surface area contributed by atoms with E-state index < -0.39 is 10.0 Å². The summed E-state index contributed by atoms with van der Waals surface area (Å²) < 4.78 is 37.8. The van der Waals surface area contributed by atoms with Crippen molar-refractivity contribution in [2.45, 2.75) is 10.1 Å². The minimum atomic E-state index is -3.45. The molecule has 1 aliphatic heterocycles. The Labute approximate surface area is 144 Å². The van der Waals surface area contributed by atoms with Crippen molar-refractivity contribution in [3.8, 4) is 11.6 Å². The van der Waals surface area contributed by atoms with Gasteiger partial charge >= 0.3 is 0 Å². The van der Waals surface area contributed by atoms with Gasteiger partial charge in [0.15, 0.2) is 5.76 Å². The molecule has 0 radical (unpaired) electrons. The normalized spacial score (nSPS) is 16.6. The first kappa shape index (κ1) is 15.1. The first-order valence-electron chi connectivity index (χ1n) is 6.67. The van der Waals surface area contributed by atoms with Crippen molar-refractivity contribution >= 4 is 37.3 Å². The van der Waals surface area contributed by atoms with Gasteiger partial charge in [0.1, 0.15) is 4.21 Å². The highest BCUT2D eigenvalue weighted by atomic mass is 79.9. The van der Waals surface area contributed by atoms with Gasteiger partial charge in [-0.15, -0.1) is 11.3 Å². The molecule has 120 valence electrons. The van der Waals surface area contributed by atoms with Gasteiger partial charge in [-0.05, 0) is 40.2 Å². The summed E-state index contributed by atoms with van der Waals surface area (Å²) in [7, 11) is -3.45. The number of rotatable bonds is 4. The maximum Gasteiger partial charge on any atom is 0.252 e. The van der Waals surface area contributed by atoms with E-state index in [0.29, 0.717) is 34.8 Å². The average molecular weight is 416 g/mol. The maximum atomic E-state index is 12.4. The van der Waals surface area contributed by atoms with E-state index >= 15 is 0 Å². The Morgan fingerprint density at radius 3 is 2.78 bits per heavy atom. The van der Waals surface area contributed by atoms with Gasteiger partial charge < -0.3 is 8.94 Å². The Morgan fingerprint density at radius 1 is 1.30 bits per heavy atom. The highest BCUT2D eigenvalue weighted by molar-refractivity contribution is 9.11. The standard InChI is InChI=1S/C13H10BrN3O4S2/c14-10-3-4-11(22-10)23(18,19)17-6-8(7-17)13-15-12(16-21-13)9-2-1-5-20-9/h1-5,8H,6-7H2. The molecule has 0 aliphatic carbocycles. The number of sulfonamides is 1. The van der Waals surface area contributed by atoms with Crippen LogP contribution in [0.5, 0.6) is 0 Å². The van der Waals surface area contributed by atoms with E-state index in [-0.39, 0.29) is 5.92 Å². The van der Waals surface area contributed by atoms with Gasteiger partial charge in [0.2, 0.25) is 11.7 Å². The summed E-state index contributed by atoms with van der Waals surface area (Å²) >= 11 is 4.47. The SMILES string of the molecule is O=S(=O)(c1ccc(Br)s1)N1CC(c2nc(-c3ccco3)no2)C1. The monoisotopic (exact) mass is 415 g/mol. The third-order valence-electron chi connectivity index (χ3n) is 3.52. The third-order valence-corrected chi connectivity index (χ3v) is 7.45. The van der Waals surface area contributed by atoms with Crippen molar-refractivity contribution < 1.29 is 17.4 Å². The van der Waals surface area contributed by atoms with E-state index in [0.717, 1.165) is 3.79 Å². The van der Waals surface area contributed by atoms with Crippen LogP contribution in [0.4, 0.5) is 0 Å². The Hall–Kier alpha value is -1.49. The lowest BCUT2D eigenvalue weighted by molar-refractivity contribution is 0.217. The molecule has 0 N–H and O–H groups in total. The molecule has 1 fully saturated rings. The summed E-state index contributed by atoms with van der Waals surface area (Å²) in [5.41, 5.74) is 0. The Bertz CT molecular complexity index is 926. The molecule has 1 saturated heterocycles. The molecule has 3 aromatic rings. The van der Waals surface area contributed by atoms with Crippen molar-refractivity contribution in [2.75, 3.05) is 13.1 Å². The lowest BCUT2D eigenvalue weighted by atomic mass is 10.0. The number of thiophene rings is 1. The number of hydrogen-bond donors (Lipinski definition) is 0. The topological polar surface area (TPSA) is 89.4 Å². The quantitative estimate of drug-likeness (QED) is 0.650. The molecular formula is C13H10BrN3O4S2. The molecule has 0 bridgehead atoms. The molecule has 10 heteroatoms. The predicted octanol–water partition coefficient (Wildman–Crippen LogP) is 2.94. The van der Waals surface area contributed by atoms with Gasteiger partial charge in [-0.2, -0.15) is 9.29 Å². The van der Waals surface area contributed by atoms with Gasteiger partial charge in [0.05, 0.1) is 16.0 Å². The van der Waals surface area contributed by atoms with Crippen molar-refractivity contribution in [1.82, 2.24) is 14.4 Å². The molecule has 0 amide bonds. The second kappa shape index (κ2) is 5.55. The summed E-state index contributed by atoms with van der Waals surface area (Å²) in [6.45, 7) is 0.662. The average Bonchev–Trinajstić information content (AvgIpc) is 3.16. The van der Waals surface area contributed by atoms with E-state index in [9.17, 15) is 8.42 Å². The van der Waals surface area contributed by atoms with Crippen LogP contribution < -0.4 is 0 Å². The fourth-order valence-electron chi connectivity index (χ4n) is 2.26. The zero-order valence-corrected chi connectivity index (χ0v) is 14.8. The van der Waals surface area contributed by atoms with Gasteiger partial charge in [0, 0.05) is 13.1 Å². The van der Waals surface area contributed by atoms with Crippen LogP contribution in [0.25, 0.3) is 11.6 Å². The highest BCUT2D eigenvalue weighted by Gasteiger charge is 2.41. The second-order valence-corrected chi connectivity index (χ2v) is 9.64. The minimum absolute atomic E-state index is 0.0932. The Morgan fingerprint density at radius 2 is 2.13 bits per heavy atom. The third kappa shape index (κ3) is 2.65. The summed E-state index contributed by atoms with van der Waals surface area (Å²) in [4.78, 5) is 4.27. The van der Waals surface area contributed by atoms with E-state index in [1.807, 2.05) is 0 Å². The molecule has 4 rings (SSSR count). The lowest BCUT2D eigenvalue weighted by Gasteiger charge is -2.35. The summed E-state index contributed by atoms with van der Waals surface area (Å²) in [5.74, 6) is 1.22. The smallest absolute Gasteiger partial charge is 0.252 e. The summed E-state index contributed by atoms with van der Waals surface area (Å²) in [6, 6.07) is 6.80. The van der Waals surface area contributed by atoms with Crippen LogP contribution in [0.1, 0.15) is 11.8 Å². The van der Waals surface area contributed by atoms with Crippen molar-refractivity contribution in [3.05, 3.63) is 40.2 Å². The second-order valence-electron chi connectivity index (χ2n) is 5.01. The van der Waals surface area contributed by atoms with E-state index in [1.54, 1.807) is 24.3 Å². The van der Waals surface area contributed by atoms with Crippen LogP contribution in [0.15, 0.2) is 47.5 Å². The van der Waals surface area contributed by atoms with Crippen LogP contribution in [0.2, 0.25) is 0 Å². The number of halogens is 1. The largest absolute Gasteiger partial charge is 0.461 e. The number of nitrogens with zero attached hydrogens (tertiary/aromatic N) is 3. The molecule has 0 saturated carbocycles. The number of furan rings is 1. The molecular weight excluding hydrogens is 406 g/mol. The molecule has 0 atom stereocenters. The van der Waals surface area contributed by atoms with E-state index in [4.69, 9.17) is 8.94 Å². The molecule has 7 nitrogen and oxygen atoms in total. The zero-order valence-electron chi connectivity index (χ0n) is 11.5. The van der Waals surface area contributed by atoms with Crippen LogP contribution >= 0.6 is 27.3 Å². The fraction of sp³-hybridized carbons (Fsp3) is 0.231. The molecule has 3 aromatic heterocycles. The van der Waals surface area contributed by atoms with Crippen molar-refractivity contribution in [3.63, 3.8) is 0 Å². The minimum Gasteiger partial charge on any atom is -0.461 e. The van der Waals surface area contributed by atoms with Crippen molar-refractivity contribution in [2.24, 2.45) is 0 Å². The molecule has 0 spiro atoms. The van der Waals surface area contributed by atoms with Crippen LogP contribution in [-0.2, 0) is 10.0 Å². The molecule has 4 heterocycles. The molecule has 1 aliphatic rings. The summed E-state index contributed by atoms with van der Waals surface area (Å²) in [6.07, 6.45) is 1.53. The Balaban J connectivity index is 1.47. The van der Waals surface area contributed by atoms with E-state index in [1.165, 1.54) is 21.9 Å². The van der Waals surface area contributed by atoms with Gasteiger partial charge in [-0.25, -0.2) is 8.42 Å². The maximum absolute atomic E-state index is 12.4. The fourth-order valence-corrected chi connectivity index (χ4v) is 5.96. The first-order valence-corrected chi connectivity index (χ1v) is 9.72. The summed E-state index contributed by atoms with van der Waals surface area (Å²) in [5, 5.41) is 3.86. The molecule has 23 heavy (non-hydrogen) atoms. The molecule has 0 unspecified atom stereocenters. The highest BCUT2D eigenvalue weighted by Crippen LogP contribution is 2.35. The lowest BCUT2D eigenvalue weighted by Crippen LogP contribution is -2.48. The predicted molar refractivity (Wildman–Crippen MR) is 85.5 cm³/mol. The van der Waals surface area contributed by atoms with E-state index in [2.05, 4.69) is 26.1 Å². The number of aromatic nitrogens is 2. The van der Waals surface area contributed by atoms with Gasteiger partial charge in [-0.1, -0.05) is 5.16 Å². The van der Waals surface area contributed by atoms with Crippen LogP contribution in [0, 0.1) is 0 Å². The number of hydrogen-bond acceptors (Lipinski definition) is 7.